The van der Waals surface area contributed by atoms with E-state index in [-0.39, 0.29) is 30.4 Å². The van der Waals surface area contributed by atoms with Crippen molar-refractivity contribution in [2.75, 3.05) is 13.1 Å². The Morgan fingerprint density at radius 2 is 1.86 bits per heavy atom. The van der Waals surface area contributed by atoms with Gasteiger partial charge in [0.1, 0.15) is 6.10 Å². The molecule has 7 heteroatoms. The molecule has 0 aliphatic heterocycles. The van der Waals surface area contributed by atoms with E-state index in [1.165, 1.54) is 23.3 Å². The number of nitrogens with zero attached hydrogens (tertiary/aromatic N) is 1. The molecule has 0 saturated heterocycles. The second-order valence-electron chi connectivity index (χ2n) is 16.4. The summed E-state index contributed by atoms with van der Waals surface area (Å²) in [6.45, 7) is 15.8. The highest BCUT2D eigenvalue weighted by Crippen LogP contribution is 2.59. The van der Waals surface area contributed by atoms with Gasteiger partial charge in [-0.2, -0.15) is 0 Å². The SMILES string of the molecule is CCCN(CC1(O)CCC2c3ccc(cc3C(=O)c3ccc(C)s3)CC(O)CCC(C)=CCCC21C)C(=O)OC1CC(C)CCC1C(C)C. The van der Waals surface area contributed by atoms with Gasteiger partial charge in [-0.05, 0) is 131 Å². The third kappa shape index (κ3) is 8.37. The lowest BCUT2D eigenvalue weighted by Crippen LogP contribution is -2.54. The zero-order chi connectivity index (χ0) is 35.5. The van der Waals surface area contributed by atoms with Gasteiger partial charge in [-0.1, -0.05) is 64.8 Å². The maximum Gasteiger partial charge on any atom is 0.410 e. The first-order chi connectivity index (χ1) is 23.2. The highest BCUT2D eigenvalue weighted by atomic mass is 32.1. The quantitative estimate of drug-likeness (QED) is 0.213. The lowest BCUT2D eigenvalue weighted by molar-refractivity contribution is -0.0862. The van der Waals surface area contributed by atoms with E-state index in [0.717, 1.165) is 48.1 Å². The number of fused-ring (bicyclic) bond motifs is 8. The minimum Gasteiger partial charge on any atom is -0.446 e. The van der Waals surface area contributed by atoms with Crippen molar-refractivity contribution in [3.8, 4) is 0 Å². The maximum atomic E-state index is 14.2. The molecule has 6 rings (SSSR count). The van der Waals surface area contributed by atoms with Gasteiger partial charge < -0.3 is 19.8 Å². The van der Waals surface area contributed by atoms with Crippen LogP contribution in [0.1, 0.15) is 143 Å². The summed E-state index contributed by atoms with van der Waals surface area (Å²) in [5.74, 6) is 1.23. The number of aryl methyl sites for hydroxylation is 1. The standard InChI is InChI=1S/C42H61NO5S/c1-8-22-43(40(46)48-37-23-29(5)12-16-33(37)27(2)3)26-42(47)21-19-36-34-17-14-31(25-35(34)39(45)38-18-13-30(6)49-38)24-32(44)15-11-28(4)10-9-20-41(36,42)7/h10,13-14,17-18,25,27,29,32-33,36-37,44,47H,8-9,11-12,15-16,19-24,26H2,1-7H3. The average Bonchev–Trinajstić information content (AvgIpc) is 3.59. The second kappa shape index (κ2) is 15.8. The van der Waals surface area contributed by atoms with Crippen LogP contribution in [0.25, 0.3) is 0 Å². The Kier molecular flexibility index (Phi) is 12.2. The maximum absolute atomic E-state index is 14.2. The predicted octanol–water partition coefficient (Wildman–Crippen LogP) is 9.64. The summed E-state index contributed by atoms with van der Waals surface area (Å²) in [5, 5.41) is 23.8. The van der Waals surface area contributed by atoms with Crippen molar-refractivity contribution >= 4 is 23.2 Å². The fourth-order valence-corrected chi connectivity index (χ4v) is 9.98. The number of aliphatic hydroxyl groups excluding tert-OH is 1. The molecule has 2 aromatic rings. The average molecular weight is 692 g/mol. The fourth-order valence-electron chi connectivity index (χ4n) is 9.16. The molecule has 0 radical (unpaired) electrons. The molecule has 0 spiro atoms. The molecule has 49 heavy (non-hydrogen) atoms. The predicted molar refractivity (Wildman–Crippen MR) is 199 cm³/mol. The number of aliphatic hydroxyl groups is 2. The van der Waals surface area contributed by atoms with E-state index < -0.39 is 17.1 Å². The third-order valence-corrected chi connectivity index (χ3v) is 13.3. The first-order valence-electron chi connectivity index (χ1n) is 19.0. The van der Waals surface area contributed by atoms with Crippen molar-refractivity contribution in [3.05, 3.63) is 68.4 Å². The molecule has 7 atom stereocenters. The van der Waals surface area contributed by atoms with Crippen LogP contribution in [0.5, 0.6) is 0 Å². The lowest BCUT2D eigenvalue weighted by Gasteiger charge is -2.46. The highest BCUT2D eigenvalue weighted by molar-refractivity contribution is 7.14. The summed E-state index contributed by atoms with van der Waals surface area (Å²) in [5.41, 5.74) is 2.05. The molecule has 2 bridgehead atoms. The van der Waals surface area contributed by atoms with Crippen LogP contribution in [0.15, 0.2) is 42.0 Å². The Labute approximate surface area is 299 Å². The van der Waals surface area contributed by atoms with Crippen LogP contribution in [0.4, 0.5) is 4.79 Å². The number of allylic oxidation sites excluding steroid dienone is 2. The van der Waals surface area contributed by atoms with E-state index in [0.29, 0.717) is 66.8 Å². The van der Waals surface area contributed by atoms with Gasteiger partial charge >= 0.3 is 6.09 Å². The molecule has 6 nitrogen and oxygen atoms in total. The lowest BCUT2D eigenvalue weighted by atomic mass is 9.64. The van der Waals surface area contributed by atoms with Crippen molar-refractivity contribution < 1.29 is 24.5 Å². The summed E-state index contributed by atoms with van der Waals surface area (Å²) in [7, 11) is 0. The Balaban J connectivity index is 1.52. The summed E-state index contributed by atoms with van der Waals surface area (Å²) in [6, 6.07) is 10.1. The number of ketones is 1. The second-order valence-corrected chi connectivity index (χ2v) is 17.6. The van der Waals surface area contributed by atoms with E-state index in [2.05, 4.69) is 59.8 Å². The third-order valence-electron chi connectivity index (χ3n) is 12.3. The van der Waals surface area contributed by atoms with Gasteiger partial charge in [0, 0.05) is 22.4 Å². The highest BCUT2D eigenvalue weighted by Gasteiger charge is 2.58. The van der Waals surface area contributed by atoms with Crippen molar-refractivity contribution in [2.45, 2.75) is 143 Å². The van der Waals surface area contributed by atoms with Crippen LogP contribution >= 0.6 is 11.3 Å². The number of amides is 1. The van der Waals surface area contributed by atoms with Gasteiger partial charge in [0.2, 0.25) is 5.78 Å². The monoisotopic (exact) mass is 691 g/mol. The van der Waals surface area contributed by atoms with Crippen LogP contribution in [0.2, 0.25) is 0 Å². The molecule has 1 aromatic heterocycles. The van der Waals surface area contributed by atoms with Crippen LogP contribution in [0.3, 0.4) is 0 Å². The molecule has 2 fully saturated rings. The molecular weight excluding hydrogens is 631 g/mol. The topological polar surface area (TPSA) is 87.1 Å². The first kappa shape index (κ1) is 37.8. The van der Waals surface area contributed by atoms with Gasteiger partial charge in [-0.15, -0.1) is 11.3 Å². The number of rotatable bonds is 8. The Bertz CT molecular complexity index is 1500. The zero-order valence-corrected chi connectivity index (χ0v) is 31.9. The van der Waals surface area contributed by atoms with Crippen molar-refractivity contribution in [1.29, 1.82) is 0 Å². The molecule has 1 heterocycles. The molecule has 4 aliphatic rings. The van der Waals surface area contributed by atoms with E-state index in [9.17, 15) is 19.8 Å². The number of carbonyl (C=O) groups excluding carboxylic acids is 2. The van der Waals surface area contributed by atoms with Crippen LogP contribution < -0.4 is 0 Å². The Hall–Kier alpha value is -2.48. The molecule has 4 aliphatic carbocycles. The van der Waals surface area contributed by atoms with Gasteiger partial charge in [0.15, 0.2) is 0 Å². The summed E-state index contributed by atoms with van der Waals surface area (Å²) in [4.78, 5) is 31.8. The van der Waals surface area contributed by atoms with E-state index >= 15 is 0 Å². The van der Waals surface area contributed by atoms with Gasteiger partial charge in [0.05, 0.1) is 23.1 Å². The fraction of sp³-hybridized carbons (Fsp3) is 0.667. The Morgan fingerprint density at radius 1 is 1.08 bits per heavy atom. The zero-order valence-electron chi connectivity index (χ0n) is 31.1. The van der Waals surface area contributed by atoms with Crippen molar-refractivity contribution in [2.24, 2.45) is 23.2 Å². The number of hydrogen-bond donors (Lipinski definition) is 2. The normalized spacial score (nSPS) is 30.8. The van der Waals surface area contributed by atoms with Crippen molar-refractivity contribution in [3.63, 3.8) is 0 Å². The van der Waals surface area contributed by atoms with Crippen LogP contribution in [-0.4, -0.2) is 57.9 Å². The minimum atomic E-state index is -1.17. The number of hydrogen-bond acceptors (Lipinski definition) is 6. The van der Waals surface area contributed by atoms with Gasteiger partial charge in [-0.25, -0.2) is 4.79 Å². The number of ether oxygens (including phenoxy) is 1. The molecular formula is C42H61NO5S. The number of benzene rings is 1. The molecule has 2 N–H and O–H groups in total. The van der Waals surface area contributed by atoms with E-state index in [1.807, 2.05) is 25.1 Å². The molecule has 1 aromatic carbocycles. The van der Waals surface area contributed by atoms with Gasteiger partial charge in [-0.3, -0.25) is 4.79 Å². The van der Waals surface area contributed by atoms with E-state index in [4.69, 9.17) is 4.74 Å². The Morgan fingerprint density at radius 3 is 2.55 bits per heavy atom. The van der Waals surface area contributed by atoms with Crippen LogP contribution in [-0.2, 0) is 11.2 Å². The smallest absolute Gasteiger partial charge is 0.410 e. The molecule has 7 unspecified atom stereocenters. The largest absolute Gasteiger partial charge is 0.446 e. The van der Waals surface area contributed by atoms with E-state index in [1.54, 1.807) is 4.90 Å². The molecule has 2 saturated carbocycles. The summed E-state index contributed by atoms with van der Waals surface area (Å²) < 4.78 is 6.36. The summed E-state index contributed by atoms with van der Waals surface area (Å²) >= 11 is 1.51. The van der Waals surface area contributed by atoms with Crippen LogP contribution in [0, 0.1) is 30.1 Å². The number of thiophene rings is 1. The number of carbonyl (C=O) groups is 2. The first-order valence-corrected chi connectivity index (χ1v) is 19.8. The molecule has 270 valence electrons. The van der Waals surface area contributed by atoms with Gasteiger partial charge in [0.25, 0.3) is 0 Å². The minimum absolute atomic E-state index is 0.00247. The summed E-state index contributed by atoms with van der Waals surface area (Å²) in [6.07, 6.45) is 9.96. The van der Waals surface area contributed by atoms with Crippen molar-refractivity contribution in [1.82, 2.24) is 4.90 Å². The molecule has 1 amide bonds.